The van der Waals surface area contributed by atoms with Crippen LogP contribution in [0.1, 0.15) is 495 Å². The summed E-state index contributed by atoms with van der Waals surface area (Å²) in [5, 5.41) is 9.80. The minimum atomic E-state index is -1.51. The molecule has 0 saturated carbocycles. The van der Waals surface area contributed by atoms with Crippen LogP contribution in [0.25, 0.3) is 0 Å². The summed E-state index contributed by atoms with van der Waals surface area (Å²) in [4.78, 5) is 37.8. The molecule has 0 aliphatic carbocycles. The maximum Gasteiger partial charge on any atom is 0.361 e. The molecule has 2 unspecified atom stereocenters. The van der Waals surface area contributed by atoms with E-state index in [2.05, 4.69) is 50.3 Å². The predicted octanol–water partition coefficient (Wildman–Crippen LogP) is 30.6. The van der Waals surface area contributed by atoms with Gasteiger partial charge in [-0.15, -0.1) is 0 Å². The first-order chi connectivity index (χ1) is 51.1. The van der Waals surface area contributed by atoms with Crippen molar-refractivity contribution in [2.24, 2.45) is 0 Å². The summed E-state index contributed by atoms with van der Waals surface area (Å²) in [5.74, 6) is -1.96. The molecule has 0 bridgehead atoms. The molecule has 1 N–H and O–H groups in total. The largest absolute Gasteiger partial charge is 0.477 e. The maximum absolute atomic E-state index is 13.0. The molecule has 0 aliphatic heterocycles. The van der Waals surface area contributed by atoms with Crippen molar-refractivity contribution in [2.45, 2.75) is 508 Å². The van der Waals surface area contributed by atoms with E-state index in [1.807, 2.05) is 21.1 Å². The second kappa shape index (κ2) is 86.1. The molecule has 0 aromatic heterocycles. The first-order valence-corrected chi connectivity index (χ1v) is 46.7. The zero-order valence-electron chi connectivity index (χ0n) is 70.7. The summed E-state index contributed by atoms with van der Waals surface area (Å²) in [6, 6.07) is 0. The Bertz CT molecular complexity index is 1810. The van der Waals surface area contributed by atoms with Gasteiger partial charge in [0.2, 0.25) is 0 Å². The van der Waals surface area contributed by atoms with Crippen LogP contribution in [0.4, 0.5) is 0 Å². The summed E-state index contributed by atoms with van der Waals surface area (Å²) in [5.41, 5.74) is 0. The lowest BCUT2D eigenvalue weighted by Gasteiger charge is -2.25. The van der Waals surface area contributed by atoms with Crippen molar-refractivity contribution in [3.63, 3.8) is 0 Å². The summed E-state index contributed by atoms with van der Waals surface area (Å²) in [7, 11) is 6.01. The molecule has 0 radical (unpaired) electrons. The second-order valence-electron chi connectivity index (χ2n) is 33.3. The number of hydrogen-bond donors (Lipinski definition) is 1. The van der Waals surface area contributed by atoms with Crippen molar-refractivity contribution in [1.29, 1.82) is 0 Å². The Hall–Kier alpha value is -2.49. The summed E-state index contributed by atoms with van der Waals surface area (Å²) >= 11 is 0. The molecule has 0 aliphatic rings. The van der Waals surface area contributed by atoms with Crippen molar-refractivity contribution in [1.82, 2.24) is 0 Å². The molecule has 9 heteroatoms. The average Bonchev–Trinajstić information content (AvgIpc) is 1.13. The Morgan fingerprint density at radius 1 is 0.288 bits per heavy atom. The number of carboxylic acid groups (broad SMARTS) is 1. The van der Waals surface area contributed by atoms with Gasteiger partial charge in [0.15, 0.2) is 6.10 Å². The van der Waals surface area contributed by atoms with Crippen molar-refractivity contribution >= 4 is 17.9 Å². The van der Waals surface area contributed by atoms with Gasteiger partial charge in [-0.25, -0.2) is 4.79 Å². The molecule has 0 spiro atoms. The van der Waals surface area contributed by atoms with Gasteiger partial charge in [0.05, 0.1) is 34.4 Å². The van der Waals surface area contributed by atoms with Gasteiger partial charge < -0.3 is 28.5 Å². The number of rotatable bonds is 89. The minimum Gasteiger partial charge on any atom is -0.477 e. The van der Waals surface area contributed by atoms with Crippen molar-refractivity contribution in [2.75, 3.05) is 47.5 Å². The van der Waals surface area contributed by atoms with Crippen LogP contribution in [0.3, 0.4) is 0 Å². The van der Waals surface area contributed by atoms with Crippen LogP contribution in [-0.2, 0) is 33.3 Å². The third kappa shape index (κ3) is 86.7. The van der Waals surface area contributed by atoms with Crippen LogP contribution >= 0.6 is 0 Å². The Kier molecular flexibility index (Phi) is 84.0. The number of esters is 2. The van der Waals surface area contributed by atoms with Gasteiger partial charge in [-0.1, -0.05) is 468 Å². The summed E-state index contributed by atoms with van der Waals surface area (Å²) in [6.07, 6.45) is 111. The van der Waals surface area contributed by atoms with Crippen LogP contribution in [0, 0.1) is 0 Å². The third-order valence-corrected chi connectivity index (χ3v) is 21.6. The van der Waals surface area contributed by atoms with Crippen LogP contribution < -0.4 is 0 Å². The van der Waals surface area contributed by atoms with Gasteiger partial charge >= 0.3 is 17.9 Å². The van der Waals surface area contributed by atoms with Gasteiger partial charge in [0, 0.05) is 12.8 Å². The molecular formula is C95H182NO8+. The van der Waals surface area contributed by atoms with E-state index < -0.39 is 18.4 Å². The number of likely N-dealkylation sites (N-methyl/N-ethyl adjacent to an activating group) is 1. The van der Waals surface area contributed by atoms with Crippen molar-refractivity contribution in [3.05, 3.63) is 36.5 Å². The number of carbonyl (C=O) groups is 3. The Labute approximate surface area is 649 Å². The van der Waals surface area contributed by atoms with Gasteiger partial charge in [-0.05, 0) is 51.4 Å². The molecule has 614 valence electrons. The van der Waals surface area contributed by atoms with E-state index in [9.17, 15) is 19.5 Å². The van der Waals surface area contributed by atoms with Crippen LogP contribution in [-0.4, -0.2) is 87.4 Å². The van der Waals surface area contributed by atoms with Gasteiger partial charge in [0.1, 0.15) is 13.2 Å². The quantitative estimate of drug-likeness (QED) is 0.0211. The molecule has 0 saturated heterocycles. The van der Waals surface area contributed by atoms with E-state index >= 15 is 0 Å². The number of ether oxygens (including phenoxy) is 4. The molecule has 104 heavy (non-hydrogen) atoms. The highest BCUT2D eigenvalue weighted by molar-refractivity contribution is 5.71. The van der Waals surface area contributed by atoms with E-state index in [1.165, 1.54) is 417 Å². The average molecular weight is 1470 g/mol. The molecule has 0 aromatic rings. The number of unbranched alkanes of at least 4 members (excludes halogenated alkanes) is 68. The SMILES string of the molecule is CCCCCCC/C=C\C/C=C\C/C=C\CCCCCCCCCCCCCCCCCCCCCCCCCCC(=O)OC(COC(=O)CCCCCCCCCCCCCCCCCCCCCCCCCCCCCCCCCCCCCCCCCC)COC(OCC[N+](C)(C)C)C(=O)O. The number of hydrogen-bond acceptors (Lipinski definition) is 7. The minimum absolute atomic E-state index is 0.174. The van der Waals surface area contributed by atoms with Crippen LogP contribution in [0.2, 0.25) is 0 Å². The maximum atomic E-state index is 13.0. The van der Waals surface area contributed by atoms with Gasteiger partial charge in [-0.3, -0.25) is 9.59 Å². The molecule has 9 nitrogen and oxygen atoms in total. The number of carboxylic acids is 1. The van der Waals surface area contributed by atoms with Crippen LogP contribution in [0.5, 0.6) is 0 Å². The zero-order valence-corrected chi connectivity index (χ0v) is 70.7. The number of carbonyl (C=O) groups excluding carboxylic acids is 2. The fourth-order valence-electron chi connectivity index (χ4n) is 14.6. The first kappa shape index (κ1) is 102. The summed E-state index contributed by atoms with van der Waals surface area (Å²) in [6.45, 7) is 4.96. The molecule has 0 fully saturated rings. The highest BCUT2D eigenvalue weighted by atomic mass is 16.7. The fraction of sp³-hybridized carbons (Fsp3) is 0.905. The lowest BCUT2D eigenvalue weighted by Crippen LogP contribution is -2.40. The van der Waals surface area contributed by atoms with Crippen molar-refractivity contribution in [3.8, 4) is 0 Å². The number of quaternary nitrogens is 1. The van der Waals surface area contributed by atoms with E-state index in [-0.39, 0.29) is 38.2 Å². The normalized spacial score (nSPS) is 12.7. The van der Waals surface area contributed by atoms with E-state index in [1.54, 1.807) is 0 Å². The lowest BCUT2D eigenvalue weighted by atomic mass is 10.0. The fourth-order valence-corrected chi connectivity index (χ4v) is 14.6. The van der Waals surface area contributed by atoms with Gasteiger partial charge in [-0.2, -0.15) is 0 Å². The monoisotopic (exact) mass is 1470 g/mol. The smallest absolute Gasteiger partial charge is 0.361 e. The number of nitrogens with zero attached hydrogens (tertiary/aromatic N) is 1. The second-order valence-corrected chi connectivity index (χ2v) is 33.3. The third-order valence-electron chi connectivity index (χ3n) is 21.6. The van der Waals surface area contributed by atoms with Crippen molar-refractivity contribution < 1.29 is 42.9 Å². The Morgan fingerprint density at radius 3 is 0.769 bits per heavy atom. The van der Waals surface area contributed by atoms with E-state index in [4.69, 9.17) is 18.9 Å². The lowest BCUT2D eigenvalue weighted by molar-refractivity contribution is -0.870. The predicted molar refractivity (Wildman–Crippen MR) is 452 cm³/mol. The first-order valence-electron chi connectivity index (χ1n) is 46.7. The number of allylic oxidation sites excluding steroid dienone is 6. The molecule has 0 aromatic carbocycles. The molecule has 0 heterocycles. The van der Waals surface area contributed by atoms with E-state index in [0.717, 1.165) is 51.4 Å². The standard InChI is InChI=1S/C95H181NO8/c1-6-8-10-12-14-16-18-20-22-24-26-28-30-32-34-36-38-40-42-44-46-48-49-51-53-55-57-59-61-63-65-67-69-71-73-75-77-79-81-83-85-92(97)102-89-91(90-103-95(94(99)100)101-88-87-96(3,4)5)104-93(98)86-84-82-80-78-76-74-72-70-68-66-64-62-60-58-56-54-52-50-47-45-43-41-39-37-35-33-31-29-27-25-23-21-19-17-15-13-11-9-7-2/h19,21,25,27,31,33,91,95H,6-18,20,22-24,26,28-30,32,34-90H2,1-5H3/p+1/b21-19-,27-25-,33-31-. The number of aliphatic carboxylic acids is 1. The van der Waals surface area contributed by atoms with Gasteiger partial charge in [0.25, 0.3) is 6.29 Å². The molecule has 0 amide bonds. The molecule has 0 rings (SSSR count). The topological polar surface area (TPSA) is 108 Å². The highest BCUT2D eigenvalue weighted by Crippen LogP contribution is 2.22. The van der Waals surface area contributed by atoms with E-state index in [0.29, 0.717) is 17.4 Å². The molecular weight excluding hydrogens is 1280 g/mol. The highest BCUT2D eigenvalue weighted by Gasteiger charge is 2.25. The van der Waals surface area contributed by atoms with Crippen LogP contribution in [0.15, 0.2) is 36.5 Å². The Balaban J connectivity index is 3.87. The summed E-state index contributed by atoms with van der Waals surface area (Å²) < 4.78 is 23.1. The zero-order chi connectivity index (χ0) is 75.3. The molecule has 2 atom stereocenters. The Morgan fingerprint density at radius 2 is 0.519 bits per heavy atom.